The number of aromatic nitrogens is 2. The van der Waals surface area contributed by atoms with E-state index in [1.54, 1.807) is 30.5 Å². The second kappa shape index (κ2) is 10.1. The van der Waals surface area contributed by atoms with Crippen molar-refractivity contribution in [1.29, 1.82) is 0 Å². The first-order valence-electron chi connectivity index (χ1n) is 11.8. The largest absolute Gasteiger partial charge is 0.493 e. The minimum Gasteiger partial charge on any atom is -0.493 e. The molecule has 5 rings (SSSR count). The molecule has 12 heteroatoms. The Morgan fingerprint density at radius 1 is 1.30 bits per heavy atom. The highest BCUT2D eigenvalue weighted by Crippen LogP contribution is 2.43. The SMILES string of the molecule is COc1c(Cl)cccc1Nc1c(-c2ccncc2OC[C@H]2CCN2CC(F)(F)F)[nH]c2c1C(=O)NCC2. The summed E-state index contributed by atoms with van der Waals surface area (Å²) in [6, 6.07) is 6.64. The number of likely N-dealkylation sites (tertiary alicyclic amines) is 1. The lowest BCUT2D eigenvalue weighted by Gasteiger charge is -2.40. The number of halogens is 4. The third-order valence-electron chi connectivity index (χ3n) is 6.53. The first kappa shape index (κ1) is 25.2. The average Bonchev–Trinajstić information content (AvgIpc) is 3.21. The van der Waals surface area contributed by atoms with Crippen molar-refractivity contribution in [1.82, 2.24) is 20.2 Å². The van der Waals surface area contributed by atoms with Crippen LogP contribution < -0.4 is 20.1 Å². The van der Waals surface area contributed by atoms with Gasteiger partial charge in [0, 0.05) is 43.0 Å². The zero-order valence-corrected chi connectivity index (χ0v) is 20.7. The van der Waals surface area contributed by atoms with Crippen molar-refractivity contribution in [3.05, 3.63) is 52.9 Å². The molecule has 0 aliphatic carbocycles. The molecule has 3 aromatic rings. The van der Waals surface area contributed by atoms with Crippen molar-refractivity contribution in [2.75, 3.05) is 38.7 Å². The van der Waals surface area contributed by atoms with Gasteiger partial charge in [-0.25, -0.2) is 0 Å². The van der Waals surface area contributed by atoms with E-state index < -0.39 is 12.7 Å². The van der Waals surface area contributed by atoms with E-state index in [9.17, 15) is 18.0 Å². The van der Waals surface area contributed by atoms with Crippen LogP contribution in [0.3, 0.4) is 0 Å². The lowest BCUT2D eigenvalue weighted by molar-refractivity contribution is -0.163. The van der Waals surface area contributed by atoms with E-state index in [0.717, 1.165) is 5.69 Å². The number of rotatable bonds is 8. The summed E-state index contributed by atoms with van der Waals surface area (Å²) in [6.45, 7) is -0.0148. The summed E-state index contributed by atoms with van der Waals surface area (Å²) in [5, 5.41) is 6.57. The van der Waals surface area contributed by atoms with Crippen LogP contribution in [0.1, 0.15) is 22.5 Å². The van der Waals surface area contributed by atoms with E-state index >= 15 is 0 Å². The summed E-state index contributed by atoms with van der Waals surface area (Å²) in [7, 11) is 1.50. The third-order valence-corrected chi connectivity index (χ3v) is 6.83. The number of alkyl halides is 3. The molecule has 1 atom stereocenters. The minimum atomic E-state index is -4.26. The van der Waals surface area contributed by atoms with E-state index in [-0.39, 0.29) is 18.6 Å². The fourth-order valence-corrected chi connectivity index (χ4v) is 4.92. The highest BCUT2D eigenvalue weighted by Gasteiger charge is 2.38. The summed E-state index contributed by atoms with van der Waals surface area (Å²) in [6.07, 6.45) is 0.0586. The Morgan fingerprint density at radius 2 is 2.14 bits per heavy atom. The number of fused-ring (bicyclic) bond motifs is 1. The van der Waals surface area contributed by atoms with E-state index in [1.165, 1.54) is 18.2 Å². The fraction of sp³-hybridized carbons (Fsp3) is 0.360. The fourth-order valence-electron chi connectivity index (χ4n) is 4.66. The number of hydrogen-bond donors (Lipinski definition) is 3. The van der Waals surface area contributed by atoms with Crippen LogP contribution >= 0.6 is 11.6 Å². The van der Waals surface area contributed by atoms with E-state index in [4.69, 9.17) is 21.1 Å². The van der Waals surface area contributed by atoms with Gasteiger partial charge in [0.2, 0.25) is 0 Å². The Bertz CT molecular complexity index is 1310. The molecule has 1 fully saturated rings. The lowest BCUT2D eigenvalue weighted by Crippen LogP contribution is -2.54. The van der Waals surface area contributed by atoms with Gasteiger partial charge in [-0.3, -0.25) is 14.7 Å². The van der Waals surface area contributed by atoms with Gasteiger partial charge in [-0.05, 0) is 24.6 Å². The van der Waals surface area contributed by atoms with Crippen molar-refractivity contribution in [3.8, 4) is 22.8 Å². The Kier molecular flexibility index (Phi) is 6.91. The number of pyridine rings is 1. The van der Waals surface area contributed by atoms with Crippen molar-refractivity contribution in [3.63, 3.8) is 0 Å². The van der Waals surface area contributed by atoms with Crippen LogP contribution in [0.4, 0.5) is 24.5 Å². The maximum absolute atomic E-state index is 12.9. The number of nitrogens with zero attached hydrogens (tertiary/aromatic N) is 2. The van der Waals surface area contributed by atoms with Crippen molar-refractivity contribution in [2.24, 2.45) is 0 Å². The number of ether oxygens (including phenoxy) is 2. The van der Waals surface area contributed by atoms with Crippen LogP contribution in [0.15, 0.2) is 36.7 Å². The molecule has 2 aliphatic rings. The van der Waals surface area contributed by atoms with Gasteiger partial charge in [-0.15, -0.1) is 0 Å². The highest BCUT2D eigenvalue weighted by molar-refractivity contribution is 6.32. The number of para-hydroxylation sites is 1. The van der Waals surface area contributed by atoms with Crippen molar-refractivity contribution < 1.29 is 27.4 Å². The number of benzene rings is 1. The molecule has 0 spiro atoms. The molecule has 196 valence electrons. The van der Waals surface area contributed by atoms with Crippen molar-refractivity contribution in [2.45, 2.75) is 25.1 Å². The molecule has 0 bridgehead atoms. The molecule has 0 unspecified atom stereocenters. The van der Waals surface area contributed by atoms with Gasteiger partial charge in [0.1, 0.15) is 12.4 Å². The molecule has 2 aromatic heterocycles. The zero-order valence-electron chi connectivity index (χ0n) is 19.9. The summed E-state index contributed by atoms with van der Waals surface area (Å²) in [5.41, 5.74) is 3.47. The first-order valence-corrected chi connectivity index (χ1v) is 12.1. The van der Waals surface area contributed by atoms with Gasteiger partial charge in [0.25, 0.3) is 5.91 Å². The number of amides is 1. The molecule has 1 saturated heterocycles. The van der Waals surface area contributed by atoms with Gasteiger partial charge in [-0.1, -0.05) is 17.7 Å². The summed E-state index contributed by atoms with van der Waals surface area (Å²) in [4.78, 5) is 21.7. The third kappa shape index (κ3) is 5.19. The molecule has 3 N–H and O–H groups in total. The Labute approximate surface area is 216 Å². The van der Waals surface area contributed by atoms with E-state index in [2.05, 4.69) is 20.6 Å². The first-order chi connectivity index (χ1) is 17.7. The number of carbonyl (C=O) groups excluding carboxylic acids is 1. The minimum absolute atomic E-state index is 0.0839. The maximum atomic E-state index is 12.9. The van der Waals surface area contributed by atoms with Crippen LogP contribution in [0.25, 0.3) is 11.3 Å². The van der Waals surface area contributed by atoms with Gasteiger partial charge in [0.05, 0.1) is 47.5 Å². The van der Waals surface area contributed by atoms with E-state index in [0.29, 0.717) is 70.6 Å². The maximum Gasteiger partial charge on any atom is 0.401 e. The standard InChI is InChI=1S/C25H25ClF3N5O3/c1-36-23-16(26)3-2-4-18(23)33-22-20-17(6-9-31-24(20)35)32-21(22)15-5-8-30-11-19(15)37-12-14-7-10-34(14)13-25(27,28)29/h2-5,8,11,14,32-33H,6-7,9-10,12-13H2,1H3,(H,31,35)/t14-/m1/s1. The quantitative estimate of drug-likeness (QED) is 0.384. The smallest absolute Gasteiger partial charge is 0.401 e. The van der Waals surface area contributed by atoms with Gasteiger partial charge < -0.3 is 25.1 Å². The molecule has 8 nitrogen and oxygen atoms in total. The number of hydrogen-bond acceptors (Lipinski definition) is 6. The van der Waals surface area contributed by atoms with Gasteiger partial charge in [0.15, 0.2) is 5.75 Å². The zero-order chi connectivity index (χ0) is 26.2. The molecular weight excluding hydrogens is 511 g/mol. The predicted molar refractivity (Wildman–Crippen MR) is 133 cm³/mol. The number of nitrogens with one attached hydrogen (secondary N) is 3. The molecule has 0 radical (unpaired) electrons. The van der Waals surface area contributed by atoms with Gasteiger partial charge in [-0.2, -0.15) is 13.2 Å². The summed E-state index contributed by atoms with van der Waals surface area (Å²) >= 11 is 6.31. The number of aromatic amines is 1. The summed E-state index contributed by atoms with van der Waals surface area (Å²) < 4.78 is 50.0. The molecule has 1 aromatic carbocycles. The van der Waals surface area contributed by atoms with E-state index in [1.807, 2.05) is 0 Å². The van der Waals surface area contributed by atoms with Crippen LogP contribution in [0, 0.1) is 0 Å². The number of H-pyrrole nitrogens is 1. The monoisotopic (exact) mass is 535 g/mol. The topological polar surface area (TPSA) is 91.5 Å². The van der Waals surface area contributed by atoms with Crippen molar-refractivity contribution >= 4 is 28.9 Å². The molecular formula is C25H25ClF3N5O3. The number of anilines is 2. The lowest BCUT2D eigenvalue weighted by atomic mass is 10.0. The second-order valence-electron chi connectivity index (χ2n) is 8.89. The molecule has 37 heavy (non-hydrogen) atoms. The molecule has 2 aliphatic heterocycles. The van der Waals surface area contributed by atoms with Gasteiger partial charge >= 0.3 is 6.18 Å². The summed E-state index contributed by atoms with van der Waals surface area (Å²) in [5.74, 6) is 0.574. The van der Waals surface area contributed by atoms with Crippen LogP contribution in [-0.4, -0.2) is 66.3 Å². The Hall–Kier alpha value is -3.44. The second-order valence-corrected chi connectivity index (χ2v) is 9.30. The number of methoxy groups -OCH3 is 1. The molecule has 0 saturated carbocycles. The molecule has 1 amide bonds. The van der Waals surface area contributed by atoms with Crippen LogP contribution in [-0.2, 0) is 6.42 Å². The Morgan fingerprint density at radius 3 is 2.86 bits per heavy atom. The van der Waals surface area contributed by atoms with Crippen LogP contribution in [0.2, 0.25) is 5.02 Å². The van der Waals surface area contributed by atoms with Crippen LogP contribution in [0.5, 0.6) is 11.5 Å². The predicted octanol–water partition coefficient (Wildman–Crippen LogP) is 4.78. The number of carbonyl (C=O) groups is 1. The molecule has 4 heterocycles. The Balaban J connectivity index is 1.49. The normalized spacial score (nSPS) is 17.5. The average molecular weight is 536 g/mol. The highest BCUT2D eigenvalue weighted by atomic mass is 35.5.